The second kappa shape index (κ2) is 5.36. The summed E-state index contributed by atoms with van der Waals surface area (Å²) in [5.41, 5.74) is 1.34. The molecule has 1 aliphatic heterocycles. The Morgan fingerprint density at radius 3 is 3.10 bits per heavy atom. The standard InChI is InChI=1S/C15H15FN2O2/c16-10-5-6-11-12(4-2-8-20-14(11)9-10)18-15(19)13-3-1-7-17-13/h1,3,5-7,9,12,17H,2,4,8H2,(H,18,19)/t12-/m0/s1. The highest BCUT2D eigenvalue weighted by atomic mass is 19.1. The maximum Gasteiger partial charge on any atom is 0.268 e. The zero-order valence-electron chi connectivity index (χ0n) is 10.9. The molecule has 0 fully saturated rings. The van der Waals surface area contributed by atoms with Crippen LogP contribution in [-0.4, -0.2) is 17.5 Å². The normalized spacial score (nSPS) is 17.8. The molecule has 3 rings (SSSR count). The summed E-state index contributed by atoms with van der Waals surface area (Å²) in [6.45, 7) is 0.533. The molecule has 1 atom stereocenters. The van der Waals surface area contributed by atoms with Crippen molar-refractivity contribution in [2.45, 2.75) is 18.9 Å². The zero-order chi connectivity index (χ0) is 13.9. The van der Waals surface area contributed by atoms with Crippen molar-refractivity contribution in [1.29, 1.82) is 0 Å². The molecule has 0 saturated carbocycles. The van der Waals surface area contributed by atoms with Crippen LogP contribution in [0.15, 0.2) is 36.5 Å². The van der Waals surface area contributed by atoms with Gasteiger partial charge in [0.05, 0.1) is 12.6 Å². The van der Waals surface area contributed by atoms with Crippen molar-refractivity contribution in [2.24, 2.45) is 0 Å². The Balaban J connectivity index is 1.85. The number of rotatable bonds is 2. The minimum atomic E-state index is -0.333. The van der Waals surface area contributed by atoms with Crippen molar-refractivity contribution in [2.75, 3.05) is 6.61 Å². The molecule has 20 heavy (non-hydrogen) atoms. The van der Waals surface area contributed by atoms with E-state index in [-0.39, 0.29) is 17.8 Å². The number of hydrogen-bond acceptors (Lipinski definition) is 2. The number of carbonyl (C=O) groups excluding carboxylic acids is 1. The van der Waals surface area contributed by atoms with Crippen molar-refractivity contribution < 1.29 is 13.9 Å². The predicted octanol–water partition coefficient (Wildman–Crippen LogP) is 2.80. The lowest BCUT2D eigenvalue weighted by Gasteiger charge is -2.18. The van der Waals surface area contributed by atoms with Crippen LogP contribution in [0.2, 0.25) is 0 Å². The molecule has 0 unspecified atom stereocenters. The van der Waals surface area contributed by atoms with Crippen LogP contribution >= 0.6 is 0 Å². The highest BCUT2D eigenvalue weighted by Gasteiger charge is 2.22. The lowest BCUT2D eigenvalue weighted by Crippen LogP contribution is -2.28. The lowest BCUT2D eigenvalue weighted by molar-refractivity contribution is 0.0930. The van der Waals surface area contributed by atoms with Crippen LogP contribution in [0, 0.1) is 5.82 Å². The second-order valence-electron chi connectivity index (χ2n) is 4.78. The van der Waals surface area contributed by atoms with Crippen LogP contribution in [-0.2, 0) is 0 Å². The SMILES string of the molecule is O=C(N[C@H]1CCCOc2cc(F)ccc21)c1ccc[nH]1. The van der Waals surface area contributed by atoms with Gasteiger partial charge in [-0.15, -0.1) is 0 Å². The molecule has 2 aromatic rings. The molecule has 1 amide bonds. The van der Waals surface area contributed by atoms with E-state index in [4.69, 9.17) is 4.74 Å². The van der Waals surface area contributed by atoms with E-state index in [1.807, 2.05) is 0 Å². The van der Waals surface area contributed by atoms with Crippen molar-refractivity contribution in [3.05, 3.63) is 53.6 Å². The van der Waals surface area contributed by atoms with Gasteiger partial charge in [0.1, 0.15) is 17.3 Å². The van der Waals surface area contributed by atoms with E-state index in [9.17, 15) is 9.18 Å². The van der Waals surface area contributed by atoms with Gasteiger partial charge in [0, 0.05) is 17.8 Å². The monoisotopic (exact) mass is 274 g/mol. The minimum Gasteiger partial charge on any atom is -0.493 e. The second-order valence-corrected chi connectivity index (χ2v) is 4.78. The molecule has 0 radical (unpaired) electrons. The van der Waals surface area contributed by atoms with E-state index >= 15 is 0 Å². The first-order valence-electron chi connectivity index (χ1n) is 6.60. The van der Waals surface area contributed by atoms with Crippen molar-refractivity contribution in [3.8, 4) is 5.75 Å². The highest BCUT2D eigenvalue weighted by molar-refractivity contribution is 5.92. The van der Waals surface area contributed by atoms with Gasteiger partial charge in [-0.1, -0.05) is 6.07 Å². The first kappa shape index (κ1) is 12.7. The summed E-state index contributed by atoms with van der Waals surface area (Å²) in [5, 5.41) is 2.96. The van der Waals surface area contributed by atoms with Crippen LogP contribution < -0.4 is 10.1 Å². The number of nitrogens with one attached hydrogen (secondary N) is 2. The fourth-order valence-corrected chi connectivity index (χ4v) is 2.40. The maximum absolute atomic E-state index is 13.3. The van der Waals surface area contributed by atoms with Crippen LogP contribution in [0.3, 0.4) is 0 Å². The Hall–Kier alpha value is -2.30. The molecule has 0 bridgehead atoms. The molecule has 0 saturated heterocycles. The third kappa shape index (κ3) is 2.52. The van der Waals surface area contributed by atoms with E-state index in [0.717, 1.165) is 18.4 Å². The van der Waals surface area contributed by atoms with Gasteiger partial charge >= 0.3 is 0 Å². The number of amides is 1. The molecule has 0 spiro atoms. The number of ether oxygens (including phenoxy) is 1. The number of H-pyrrole nitrogens is 1. The van der Waals surface area contributed by atoms with Gasteiger partial charge in [-0.05, 0) is 31.0 Å². The van der Waals surface area contributed by atoms with Gasteiger partial charge in [-0.25, -0.2) is 4.39 Å². The largest absolute Gasteiger partial charge is 0.493 e. The highest BCUT2D eigenvalue weighted by Crippen LogP contribution is 2.32. The minimum absolute atomic E-state index is 0.163. The summed E-state index contributed by atoms with van der Waals surface area (Å²) < 4.78 is 18.8. The third-order valence-corrected chi connectivity index (χ3v) is 3.39. The summed E-state index contributed by atoms with van der Waals surface area (Å²) in [7, 11) is 0. The molecule has 2 N–H and O–H groups in total. The number of carbonyl (C=O) groups is 1. The molecule has 1 aromatic heterocycles. The van der Waals surface area contributed by atoms with Crippen LogP contribution in [0.5, 0.6) is 5.75 Å². The summed E-state index contributed by atoms with van der Waals surface area (Å²) in [5.74, 6) is 0.0107. The zero-order valence-corrected chi connectivity index (χ0v) is 10.9. The van der Waals surface area contributed by atoms with Crippen molar-refractivity contribution >= 4 is 5.91 Å². The molecule has 1 aromatic carbocycles. The van der Waals surface area contributed by atoms with E-state index in [1.165, 1.54) is 12.1 Å². The molecule has 0 aliphatic carbocycles. The smallest absolute Gasteiger partial charge is 0.268 e. The number of hydrogen-bond donors (Lipinski definition) is 2. The average Bonchev–Trinajstić information content (AvgIpc) is 2.90. The number of aromatic nitrogens is 1. The summed E-state index contributed by atoms with van der Waals surface area (Å²) in [6.07, 6.45) is 3.28. The van der Waals surface area contributed by atoms with Crippen molar-refractivity contribution in [1.82, 2.24) is 10.3 Å². The Bertz CT molecular complexity index is 610. The number of benzene rings is 1. The first-order valence-corrected chi connectivity index (χ1v) is 6.60. The predicted molar refractivity (Wildman–Crippen MR) is 72.1 cm³/mol. The van der Waals surface area contributed by atoms with Gasteiger partial charge in [-0.2, -0.15) is 0 Å². The Morgan fingerprint density at radius 2 is 2.30 bits per heavy atom. The number of fused-ring (bicyclic) bond motifs is 1. The summed E-state index contributed by atoms with van der Waals surface area (Å²) in [6, 6.07) is 7.76. The molecular formula is C15H15FN2O2. The quantitative estimate of drug-likeness (QED) is 0.884. The Kier molecular flexibility index (Phi) is 3.41. The van der Waals surface area contributed by atoms with Gasteiger partial charge in [0.25, 0.3) is 5.91 Å². The van der Waals surface area contributed by atoms with E-state index in [1.54, 1.807) is 24.4 Å². The molecular weight excluding hydrogens is 259 g/mol. The van der Waals surface area contributed by atoms with Gasteiger partial charge in [0.2, 0.25) is 0 Å². The molecule has 4 nitrogen and oxygen atoms in total. The van der Waals surface area contributed by atoms with E-state index in [0.29, 0.717) is 18.1 Å². The van der Waals surface area contributed by atoms with Gasteiger partial charge < -0.3 is 15.0 Å². The fourth-order valence-electron chi connectivity index (χ4n) is 2.40. The Morgan fingerprint density at radius 1 is 1.40 bits per heavy atom. The van der Waals surface area contributed by atoms with Crippen LogP contribution in [0.4, 0.5) is 4.39 Å². The van der Waals surface area contributed by atoms with Gasteiger partial charge in [0.15, 0.2) is 0 Å². The van der Waals surface area contributed by atoms with Crippen molar-refractivity contribution in [3.63, 3.8) is 0 Å². The average molecular weight is 274 g/mol. The van der Waals surface area contributed by atoms with E-state index < -0.39 is 0 Å². The molecule has 104 valence electrons. The van der Waals surface area contributed by atoms with Crippen LogP contribution in [0.1, 0.15) is 34.9 Å². The summed E-state index contributed by atoms with van der Waals surface area (Å²) in [4.78, 5) is 15.0. The summed E-state index contributed by atoms with van der Waals surface area (Å²) >= 11 is 0. The van der Waals surface area contributed by atoms with Gasteiger partial charge in [-0.3, -0.25) is 4.79 Å². The van der Waals surface area contributed by atoms with E-state index in [2.05, 4.69) is 10.3 Å². The Labute approximate surface area is 116 Å². The fraction of sp³-hybridized carbons (Fsp3) is 0.267. The maximum atomic E-state index is 13.3. The molecule has 5 heteroatoms. The van der Waals surface area contributed by atoms with Crippen LogP contribution in [0.25, 0.3) is 0 Å². The molecule has 1 aliphatic rings. The lowest BCUT2D eigenvalue weighted by atomic mass is 10.0. The number of halogens is 1. The number of aromatic amines is 1. The first-order chi connectivity index (χ1) is 9.74. The third-order valence-electron chi connectivity index (χ3n) is 3.39. The topological polar surface area (TPSA) is 54.1 Å². The molecule has 2 heterocycles.